The molecule has 0 aliphatic carbocycles. The number of hydrogen-bond acceptors (Lipinski definition) is 4. The Bertz CT molecular complexity index is 617. The molecule has 0 saturated carbocycles. The number of aliphatic carboxylic acids is 1. The number of carbonyl (C=O) groups is 1. The van der Waals surface area contributed by atoms with Crippen LogP contribution < -0.4 is 0 Å². The zero-order chi connectivity index (χ0) is 15.2. The van der Waals surface area contributed by atoms with E-state index in [4.69, 9.17) is 9.52 Å². The zero-order valence-electron chi connectivity index (χ0n) is 12.0. The van der Waals surface area contributed by atoms with Crippen LogP contribution in [0.4, 0.5) is 0 Å². The smallest absolute Gasteiger partial charge is 0.317 e. The molecule has 2 aromatic rings. The number of oxazole rings is 1. The van der Waals surface area contributed by atoms with E-state index in [1.54, 1.807) is 17.2 Å². The van der Waals surface area contributed by atoms with Crippen molar-refractivity contribution in [3.05, 3.63) is 54.4 Å². The molecule has 0 spiro atoms. The largest absolute Gasteiger partial charge is 0.480 e. The Labute approximate surface area is 123 Å². The van der Waals surface area contributed by atoms with Gasteiger partial charge in [-0.3, -0.25) is 9.69 Å². The molecule has 1 aromatic carbocycles. The molecule has 0 amide bonds. The van der Waals surface area contributed by atoms with Gasteiger partial charge in [-0.2, -0.15) is 0 Å². The topological polar surface area (TPSA) is 66.6 Å². The lowest BCUT2D eigenvalue weighted by Gasteiger charge is -2.16. The monoisotopic (exact) mass is 286 g/mol. The molecule has 0 atom stereocenters. The van der Waals surface area contributed by atoms with Gasteiger partial charge in [-0.05, 0) is 19.1 Å². The van der Waals surface area contributed by atoms with Crippen molar-refractivity contribution in [3.8, 4) is 11.5 Å². The molecular weight excluding hydrogens is 268 g/mol. The summed E-state index contributed by atoms with van der Waals surface area (Å²) in [7, 11) is 0. The summed E-state index contributed by atoms with van der Waals surface area (Å²) >= 11 is 0. The van der Waals surface area contributed by atoms with E-state index in [1.165, 1.54) is 5.56 Å². The standard InChI is InChI=1S/C16H18N2O3/c1-3-8-18(10-15(19)20)9-14-11-21-16(17-14)13-6-4-12(2)5-7-13/h3-7,11H,1,8-10H2,2H3,(H,19,20). The van der Waals surface area contributed by atoms with Crippen molar-refractivity contribution in [1.82, 2.24) is 9.88 Å². The molecule has 110 valence electrons. The van der Waals surface area contributed by atoms with E-state index in [-0.39, 0.29) is 6.54 Å². The van der Waals surface area contributed by atoms with Gasteiger partial charge in [-0.1, -0.05) is 23.8 Å². The highest BCUT2D eigenvalue weighted by molar-refractivity contribution is 5.69. The number of aryl methyl sites for hydroxylation is 1. The molecule has 0 bridgehead atoms. The zero-order valence-corrected chi connectivity index (χ0v) is 12.0. The number of benzene rings is 1. The molecule has 1 aromatic heterocycles. The molecule has 0 unspecified atom stereocenters. The lowest BCUT2D eigenvalue weighted by molar-refractivity contribution is -0.138. The highest BCUT2D eigenvalue weighted by Gasteiger charge is 2.12. The Kier molecular flexibility index (Phi) is 4.90. The maximum Gasteiger partial charge on any atom is 0.317 e. The summed E-state index contributed by atoms with van der Waals surface area (Å²) in [5.74, 6) is -0.335. The summed E-state index contributed by atoms with van der Waals surface area (Å²) in [5.41, 5.74) is 2.78. The second-order valence-corrected chi connectivity index (χ2v) is 4.86. The van der Waals surface area contributed by atoms with Crippen LogP contribution in [-0.4, -0.2) is 34.0 Å². The number of nitrogens with zero attached hydrogens (tertiary/aromatic N) is 2. The fourth-order valence-electron chi connectivity index (χ4n) is 2.00. The first kappa shape index (κ1) is 15.0. The Morgan fingerprint density at radius 3 is 2.76 bits per heavy atom. The highest BCUT2D eigenvalue weighted by atomic mass is 16.4. The fraction of sp³-hybridized carbons (Fsp3) is 0.250. The maximum absolute atomic E-state index is 10.8. The Morgan fingerprint density at radius 2 is 2.14 bits per heavy atom. The van der Waals surface area contributed by atoms with Gasteiger partial charge >= 0.3 is 5.97 Å². The van der Waals surface area contributed by atoms with Gasteiger partial charge in [0.25, 0.3) is 0 Å². The van der Waals surface area contributed by atoms with Crippen LogP contribution in [0.1, 0.15) is 11.3 Å². The van der Waals surface area contributed by atoms with Crippen LogP contribution in [0, 0.1) is 6.92 Å². The maximum atomic E-state index is 10.8. The van der Waals surface area contributed by atoms with Crippen molar-refractivity contribution in [2.45, 2.75) is 13.5 Å². The Hall–Kier alpha value is -2.40. The van der Waals surface area contributed by atoms with Crippen LogP contribution in [0.3, 0.4) is 0 Å². The predicted molar refractivity (Wildman–Crippen MR) is 79.8 cm³/mol. The van der Waals surface area contributed by atoms with Gasteiger partial charge in [0.1, 0.15) is 6.26 Å². The van der Waals surface area contributed by atoms with E-state index < -0.39 is 5.97 Å². The normalized spacial score (nSPS) is 10.8. The van der Waals surface area contributed by atoms with Gasteiger partial charge < -0.3 is 9.52 Å². The SMILES string of the molecule is C=CCN(CC(=O)O)Cc1coc(-c2ccc(C)cc2)n1. The number of aromatic nitrogens is 1. The summed E-state index contributed by atoms with van der Waals surface area (Å²) in [6.45, 7) is 6.49. The number of hydrogen-bond donors (Lipinski definition) is 1. The predicted octanol–water partition coefficient (Wildman–Crippen LogP) is 2.72. The third-order valence-electron chi connectivity index (χ3n) is 2.98. The molecule has 5 heteroatoms. The molecule has 0 fully saturated rings. The van der Waals surface area contributed by atoms with Crippen molar-refractivity contribution in [3.63, 3.8) is 0 Å². The first-order valence-electron chi connectivity index (χ1n) is 6.65. The van der Waals surface area contributed by atoms with Crippen molar-refractivity contribution in [1.29, 1.82) is 0 Å². The van der Waals surface area contributed by atoms with Gasteiger partial charge in [0, 0.05) is 18.7 Å². The first-order chi connectivity index (χ1) is 10.1. The molecule has 1 heterocycles. The lowest BCUT2D eigenvalue weighted by atomic mass is 10.1. The van der Waals surface area contributed by atoms with Crippen LogP contribution in [0.25, 0.3) is 11.5 Å². The quantitative estimate of drug-likeness (QED) is 0.793. The summed E-state index contributed by atoms with van der Waals surface area (Å²) in [5, 5.41) is 8.88. The summed E-state index contributed by atoms with van der Waals surface area (Å²) in [6.07, 6.45) is 3.23. The van der Waals surface area contributed by atoms with Crippen molar-refractivity contribution < 1.29 is 14.3 Å². The number of rotatable bonds is 7. The first-order valence-corrected chi connectivity index (χ1v) is 6.65. The van der Waals surface area contributed by atoms with Crippen molar-refractivity contribution >= 4 is 5.97 Å². The second kappa shape index (κ2) is 6.85. The summed E-state index contributed by atoms with van der Waals surface area (Å²) < 4.78 is 5.46. The van der Waals surface area contributed by atoms with Crippen LogP contribution in [-0.2, 0) is 11.3 Å². The molecule has 5 nitrogen and oxygen atoms in total. The molecule has 21 heavy (non-hydrogen) atoms. The average molecular weight is 286 g/mol. The van der Waals surface area contributed by atoms with Crippen molar-refractivity contribution in [2.75, 3.05) is 13.1 Å². The van der Waals surface area contributed by atoms with E-state index in [0.29, 0.717) is 24.7 Å². The van der Waals surface area contributed by atoms with E-state index >= 15 is 0 Å². The third-order valence-corrected chi connectivity index (χ3v) is 2.98. The van der Waals surface area contributed by atoms with E-state index in [2.05, 4.69) is 11.6 Å². The van der Waals surface area contributed by atoms with Gasteiger partial charge in [0.2, 0.25) is 5.89 Å². The van der Waals surface area contributed by atoms with E-state index in [9.17, 15) is 4.79 Å². The molecule has 2 rings (SSSR count). The minimum absolute atomic E-state index is 0.0568. The molecular formula is C16H18N2O3. The van der Waals surface area contributed by atoms with Crippen LogP contribution >= 0.6 is 0 Å². The summed E-state index contributed by atoms with van der Waals surface area (Å²) in [6, 6.07) is 7.88. The molecule has 1 N–H and O–H groups in total. The minimum atomic E-state index is -0.876. The van der Waals surface area contributed by atoms with Gasteiger partial charge in [0.05, 0.1) is 12.2 Å². The second-order valence-electron chi connectivity index (χ2n) is 4.86. The van der Waals surface area contributed by atoms with Crippen LogP contribution in [0.2, 0.25) is 0 Å². The minimum Gasteiger partial charge on any atom is -0.480 e. The molecule has 0 aliphatic rings. The third kappa shape index (κ3) is 4.29. The van der Waals surface area contributed by atoms with Crippen LogP contribution in [0.5, 0.6) is 0 Å². The Morgan fingerprint density at radius 1 is 1.43 bits per heavy atom. The van der Waals surface area contributed by atoms with Gasteiger partial charge in [0.15, 0.2) is 0 Å². The summed E-state index contributed by atoms with van der Waals surface area (Å²) in [4.78, 5) is 16.9. The lowest BCUT2D eigenvalue weighted by Crippen LogP contribution is -2.29. The number of carboxylic acids is 1. The highest BCUT2D eigenvalue weighted by Crippen LogP contribution is 2.19. The van der Waals surface area contributed by atoms with E-state index in [1.807, 2.05) is 31.2 Å². The van der Waals surface area contributed by atoms with Crippen molar-refractivity contribution in [2.24, 2.45) is 0 Å². The van der Waals surface area contributed by atoms with Gasteiger partial charge in [-0.25, -0.2) is 4.98 Å². The van der Waals surface area contributed by atoms with E-state index in [0.717, 1.165) is 5.56 Å². The Balaban J connectivity index is 2.09. The molecule has 0 saturated heterocycles. The average Bonchev–Trinajstić information content (AvgIpc) is 2.87. The number of carboxylic acid groups (broad SMARTS) is 1. The molecule has 0 aliphatic heterocycles. The van der Waals surface area contributed by atoms with Crippen LogP contribution in [0.15, 0.2) is 47.6 Å². The molecule has 0 radical (unpaired) electrons. The van der Waals surface area contributed by atoms with Gasteiger partial charge in [-0.15, -0.1) is 6.58 Å². The fourth-order valence-corrected chi connectivity index (χ4v) is 2.00.